The molecule has 0 saturated heterocycles. The molecule has 1 aromatic heterocycles. The van der Waals surface area contributed by atoms with E-state index in [0.29, 0.717) is 0 Å². The third-order valence-electron chi connectivity index (χ3n) is 14.1. The van der Waals surface area contributed by atoms with Crippen LogP contribution in [-0.4, -0.2) is 18.0 Å². The van der Waals surface area contributed by atoms with Crippen LogP contribution in [0.3, 0.4) is 0 Å². The van der Waals surface area contributed by atoms with Gasteiger partial charge < -0.3 is 23.5 Å². The summed E-state index contributed by atoms with van der Waals surface area (Å²) in [6.45, 7) is 13.8. The summed E-state index contributed by atoms with van der Waals surface area (Å²) in [5.41, 5.74) is 15.7. The molecule has 64 heavy (non-hydrogen) atoms. The van der Waals surface area contributed by atoms with Crippen LogP contribution in [0.15, 0.2) is 146 Å². The second kappa shape index (κ2) is 13.0. The van der Waals surface area contributed by atoms with E-state index in [-0.39, 0.29) is 24.3 Å². The van der Waals surface area contributed by atoms with E-state index in [1.54, 1.807) is 0 Å². The van der Waals surface area contributed by atoms with Crippen LogP contribution in [-0.2, 0) is 17.9 Å². The first-order valence-corrected chi connectivity index (χ1v) is 22.4. The van der Waals surface area contributed by atoms with Crippen molar-refractivity contribution < 1.29 is 18.9 Å². The van der Waals surface area contributed by atoms with Crippen LogP contribution in [0.5, 0.6) is 46.0 Å². The van der Waals surface area contributed by atoms with Crippen LogP contribution < -0.4 is 51.7 Å². The first-order chi connectivity index (χ1) is 30.9. The van der Waals surface area contributed by atoms with Gasteiger partial charge >= 0.3 is 0 Å². The van der Waals surface area contributed by atoms with Crippen molar-refractivity contribution in [2.24, 2.45) is 7.05 Å². The molecule has 13 rings (SSSR count). The van der Waals surface area contributed by atoms with E-state index in [2.05, 4.69) is 199 Å². The zero-order chi connectivity index (χ0) is 43.4. The topological polar surface area (TPSA) is 41.9 Å². The van der Waals surface area contributed by atoms with Crippen LogP contribution in [0.4, 0.5) is 0 Å². The maximum Gasteiger partial charge on any atom is 0.260 e. The van der Waals surface area contributed by atoms with Gasteiger partial charge in [-0.15, -0.1) is 0 Å². The fraction of sp³-hybridized carbons (Fsp3) is 0.158. The lowest BCUT2D eigenvalue weighted by molar-refractivity contribution is 0.464. The summed E-state index contributed by atoms with van der Waals surface area (Å²) in [6, 6.07) is 52.3. The number of aryl methyl sites for hydroxylation is 1. The first-order valence-electron chi connectivity index (χ1n) is 22.4. The zero-order valence-electron chi connectivity index (χ0n) is 37.1. The number of benzene rings is 8. The molecule has 308 valence electrons. The molecule has 0 unspecified atom stereocenters. The minimum absolute atomic E-state index is 0.0120. The molecule has 0 radical (unpaired) electrons. The van der Waals surface area contributed by atoms with Crippen LogP contribution in [0, 0.1) is 0 Å². The summed E-state index contributed by atoms with van der Waals surface area (Å²) in [4.78, 5) is 0. The van der Waals surface area contributed by atoms with Gasteiger partial charge in [0.15, 0.2) is 0 Å². The average molecular weight is 830 g/mol. The number of para-hydroxylation sites is 4. The van der Waals surface area contributed by atoms with E-state index in [4.69, 9.17) is 18.9 Å². The van der Waals surface area contributed by atoms with Crippen LogP contribution in [0.2, 0.25) is 0 Å². The summed E-state index contributed by atoms with van der Waals surface area (Å²) in [6.07, 6.45) is 0. The second-order valence-corrected chi connectivity index (χ2v) is 20.1. The van der Waals surface area contributed by atoms with Crippen molar-refractivity contribution >= 4 is 68.0 Å². The summed E-state index contributed by atoms with van der Waals surface area (Å²) < 4.78 is 29.8. The Kier molecular flexibility index (Phi) is 7.60. The predicted octanol–water partition coefficient (Wildman–Crippen LogP) is 10.7. The number of hydrogen-bond donors (Lipinski definition) is 0. The molecule has 0 amide bonds. The predicted molar refractivity (Wildman–Crippen MR) is 264 cm³/mol. The molecular weight excluding hydrogens is 784 g/mol. The number of ether oxygens (including phenoxy) is 4. The minimum Gasteiger partial charge on any atom is -0.458 e. The lowest BCUT2D eigenvalue weighted by Crippen LogP contribution is -2.57. The van der Waals surface area contributed by atoms with E-state index < -0.39 is 0 Å². The Morgan fingerprint density at radius 3 is 0.969 bits per heavy atom. The largest absolute Gasteiger partial charge is 0.458 e. The van der Waals surface area contributed by atoms with Gasteiger partial charge in [0.2, 0.25) is 0 Å². The van der Waals surface area contributed by atoms with Gasteiger partial charge in [0.05, 0.1) is 11.0 Å². The van der Waals surface area contributed by atoms with Crippen molar-refractivity contribution in [2.75, 3.05) is 0 Å². The second-order valence-electron chi connectivity index (χ2n) is 20.1. The molecule has 4 aliphatic rings. The first kappa shape index (κ1) is 37.4. The molecule has 5 nitrogen and oxygen atoms in total. The van der Waals surface area contributed by atoms with E-state index in [1.807, 2.05) is 0 Å². The third-order valence-corrected chi connectivity index (χ3v) is 14.1. The van der Waals surface area contributed by atoms with E-state index in [0.717, 1.165) is 112 Å². The van der Waals surface area contributed by atoms with Gasteiger partial charge in [-0.05, 0) is 128 Å². The Morgan fingerprint density at radius 2 is 0.672 bits per heavy atom. The van der Waals surface area contributed by atoms with Gasteiger partial charge in [-0.1, -0.05) is 114 Å². The molecule has 0 spiro atoms. The fourth-order valence-electron chi connectivity index (χ4n) is 10.9. The third kappa shape index (κ3) is 5.33. The zero-order valence-corrected chi connectivity index (χ0v) is 37.1. The number of aromatic nitrogens is 1. The Bertz CT molecular complexity index is 3140. The molecule has 0 aliphatic carbocycles. The normalized spacial score (nSPS) is 14.0. The van der Waals surface area contributed by atoms with Crippen molar-refractivity contribution in [1.29, 1.82) is 0 Å². The maximum atomic E-state index is 6.84. The van der Waals surface area contributed by atoms with E-state index >= 15 is 0 Å². The van der Waals surface area contributed by atoms with Gasteiger partial charge in [-0.3, -0.25) is 0 Å². The Labute approximate surface area is 374 Å². The fourth-order valence-corrected chi connectivity index (χ4v) is 10.9. The van der Waals surface area contributed by atoms with E-state index in [9.17, 15) is 0 Å². The van der Waals surface area contributed by atoms with Crippen molar-refractivity contribution in [2.45, 2.75) is 52.4 Å². The molecule has 0 atom stereocenters. The maximum absolute atomic E-state index is 6.84. The van der Waals surface area contributed by atoms with Crippen molar-refractivity contribution in [3.8, 4) is 68.2 Å². The molecule has 0 fully saturated rings. The van der Waals surface area contributed by atoms with E-state index in [1.165, 1.54) is 21.9 Å². The SMILES string of the molecule is Cn1c2c(-c3cc4c5c(c3)Oc3ccccc3B5c3ccccc3O4)cc(C(C)(C)C)cc2c2cc(C(C)(C)C)cc(-c3cc4c5c(c3)Oc3ccccc3B5c3ccccc3O4)c21. The van der Waals surface area contributed by atoms with Crippen LogP contribution >= 0.6 is 0 Å². The van der Waals surface area contributed by atoms with Gasteiger partial charge in [0, 0.05) is 39.9 Å². The Morgan fingerprint density at radius 1 is 0.375 bits per heavy atom. The number of fused-ring (bicyclic) bond motifs is 11. The highest BCUT2D eigenvalue weighted by molar-refractivity contribution is 6.99. The highest BCUT2D eigenvalue weighted by atomic mass is 16.5. The number of nitrogens with zero attached hydrogens (tertiary/aromatic N) is 1. The van der Waals surface area contributed by atoms with Crippen molar-refractivity contribution in [3.63, 3.8) is 0 Å². The molecule has 9 aromatic rings. The van der Waals surface area contributed by atoms with Crippen molar-refractivity contribution in [3.05, 3.63) is 157 Å². The molecule has 5 heterocycles. The summed E-state index contributed by atoms with van der Waals surface area (Å²) in [7, 11) is 2.22. The van der Waals surface area contributed by atoms with Gasteiger partial charge in [0.1, 0.15) is 46.0 Å². The number of hydrogen-bond acceptors (Lipinski definition) is 4. The van der Waals surface area contributed by atoms with Crippen LogP contribution in [0.25, 0.3) is 44.1 Å². The Balaban J connectivity index is 1.08. The lowest BCUT2D eigenvalue weighted by atomic mass is 9.35. The molecule has 7 heteroatoms. The smallest absolute Gasteiger partial charge is 0.260 e. The quantitative estimate of drug-likeness (QED) is 0.163. The van der Waals surface area contributed by atoms with Crippen molar-refractivity contribution in [1.82, 2.24) is 4.57 Å². The van der Waals surface area contributed by atoms with Gasteiger partial charge in [-0.2, -0.15) is 0 Å². The monoisotopic (exact) mass is 829 g/mol. The molecule has 8 aromatic carbocycles. The summed E-state index contributed by atoms with van der Waals surface area (Å²) in [5.74, 6) is 6.86. The average Bonchev–Trinajstić information content (AvgIpc) is 3.58. The summed E-state index contributed by atoms with van der Waals surface area (Å²) in [5, 5.41) is 2.42. The molecular formula is C57H45B2NO4. The highest BCUT2D eigenvalue weighted by Gasteiger charge is 2.42. The van der Waals surface area contributed by atoms with Crippen LogP contribution in [0.1, 0.15) is 52.7 Å². The Hall–Kier alpha value is -7.11. The highest BCUT2D eigenvalue weighted by Crippen LogP contribution is 2.48. The lowest BCUT2D eigenvalue weighted by Gasteiger charge is -2.33. The van der Waals surface area contributed by atoms with Gasteiger partial charge in [-0.25, -0.2) is 0 Å². The van der Waals surface area contributed by atoms with Gasteiger partial charge in [0.25, 0.3) is 13.4 Å². The molecule has 4 aliphatic heterocycles. The standard InChI is InChI=1S/C57H45B2NO4/c1-56(2,3)34-28-36(32-24-48-52-49(25-32)62-45-21-13-9-17-41(45)58(52)40-16-8-12-20-44(40)61-48)54-38(30-34)39-31-35(57(4,5)6)29-37(55(39)60(54)7)33-26-50-53-51(27-33)64-47-23-15-11-19-43(47)59(53)42-18-10-14-22-46(42)63-50/h8-31H,1-7H3. The number of rotatable bonds is 2. The summed E-state index contributed by atoms with van der Waals surface area (Å²) >= 11 is 0. The molecule has 0 bridgehead atoms. The molecule has 0 N–H and O–H groups in total. The minimum atomic E-state index is -0.132. The molecule has 0 saturated carbocycles.